The van der Waals surface area contributed by atoms with E-state index in [1.165, 1.54) is 7.11 Å². The Bertz CT molecular complexity index is 623. The second-order valence-corrected chi connectivity index (χ2v) is 4.46. The number of carbonyl (C=O) groups excluding carboxylic acids is 1. The maximum Gasteiger partial charge on any atom is 0.340 e. The number of esters is 1. The molecular weight excluding hydrogens is 254 g/mol. The topological polar surface area (TPSA) is 61.5 Å². The van der Waals surface area contributed by atoms with Crippen molar-refractivity contribution in [3.63, 3.8) is 0 Å². The summed E-state index contributed by atoms with van der Waals surface area (Å²) < 4.78 is 10.4. The predicted octanol–water partition coefficient (Wildman–Crippen LogP) is 2.94. The van der Waals surface area contributed by atoms with E-state index in [2.05, 4.69) is 0 Å². The molecule has 0 saturated heterocycles. The first-order valence-electron chi connectivity index (χ1n) is 6.27. The molecule has 2 N–H and O–H groups in total. The van der Waals surface area contributed by atoms with Crippen LogP contribution < -0.4 is 10.5 Å². The lowest BCUT2D eigenvalue weighted by atomic mass is 10.1. The van der Waals surface area contributed by atoms with Gasteiger partial charge in [-0.15, -0.1) is 0 Å². The minimum absolute atomic E-state index is 0.224. The van der Waals surface area contributed by atoms with Crippen LogP contribution in [0.3, 0.4) is 0 Å². The smallest absolute Gasteiger partial charge is 0.340 e. The van der Waals surface area contributed by atoms with Crippen LogP contribution in [-0.2, 0) is 11.3 Å². The molecule has 0 atom stereocenters. The standard InChI is InChI=1S/C16H17NO3/c1-11-5-3-4-6-12(11)10-20-16(18)14-9-13(19-2)7-8-15(14)17/h3-9H,10,17H2,1-2H3. The summed E-state index contributed by atoms with van der Waals surface area (Å²) in [4.78, 5) is 12.1. The van der Waals surface area contributed by atoms with Gasteiger partial charge in [0.05, 0.1) is 12.7 Å². The van der Waals surface area contributed by atoms with Gasteiger partial charge >= 0.3 is 5.97 Å². The van der Waals surface area contributed by atoms with Crippen molar-refractivity contribution in [1.82, 2.24) is 0 Å². The monoisotopic (exact) mass is 271 g/mol. The van der Waals surface area contributed by atoms with Gasteiger partial charge < -0.3 is 15.2 Å². The number of nitrogen functional groups attached to an aromatic ring is 1. The SMILES string of the molecule is COc1ccc(N)c(C(=O)OCc2ccccc2C)c1. The number of benzene rings is 2. The van der Waals surface area contributed by atoms with Crippen molar-refractivity contribution in [3.8, 4) is 5.75 Å². The molecule has 2 aromatic rings. The summed E-state index contributed by atoms with van der Waals surface area (Å²) in [5.41, 5.74) is 8.54. The summed E-state index contributed by atoms with van der Waals surface area (Å²) in [5.74, 6) is 0.117. The number of hydrogen-bond acceptors (Lipinski definition) is 4. The number of rotatable bonds is 4. The quantitative estimate of drug-likeness (QED) is 0.686. The number of carbonyl (C=O) groups is 1. The van der Waals surface area contributed by atoms with E-state index in [-0.39, 0.29) is 6.61 Å². The summed E-state index contributed by atoms with van der Waals surface area (Å²) in [6, 6.07) is 12.7. The maximum atomic E-state index is 12.1. The molecule has 0 unspecified atom stereocenters. The molecule has 2 rings (SSSR count). The molecule has 0 aliphatic carbocycles. The Balaban J connectivity index is 2.11. The number of ether oxygens (including phenoxy) is 2. The molecule has 0 aliphatic heterocycles. The molecule has 20 heavy (non-hydrogen) atoms. The number of nitrogens with two attached hydrogens (primary N) is 1. The molecule has 0 fully saturated rings. The second-order valence-electron chi connectivity index (χ2n) is 4.46. The maximum absolute atomic E-state index is 12.1. The molecule has 0 radical (unpaired) electrons. The molecule has 0 aliphatic rings. The first kappa shape index (κ1) is 13.9. The molecule has 0 aromatic heterocycles. The highest BCUT2D eigenvalue weighted by Crippen LogP contribution is 2.21. The summed E-state index contributed by atoms with van der Waals surface area (Å²) in [5, 5.41) is 0. The summed E-state index contributed by atoms with van der Waals surface area (Å²) in [6.07, 6.45) is 0. The second kappa shape index (κ2) is 6.10. The van der Waals surface area contributed by atoms with Gasteiger partial charge in [0.15, 0.2) is 0 Å². The Hall–Kier alpha value is -2.49. The van der Waals surface area contributed by atoms with Crippen LogP contribution >= 0.6 is 0 Å². The number of aryl methyl sites for hydroxylation is 1. The Morgan fingerprint density at radius 2 is 1.95 bits per heavy atom. The van der Waals surface area contributed by atoms with Crippen molar-refractivity contribution in [2.24, 2.45) is 0 Å². The Kier molecular flexibility index (Phi) is 4.25. The zero-order valence-corrected chi connectivity index (χ0v) is 11.6. The summed E-state index contributed by atoms with van der Waals surface area (Å²) in [7, 11) is 1.54. The molecule has 4 nitrogen and oxygen atoms in total. The van der Waals surface area contributed by atoms with Crippen LogP contribution in [-0.4, -0.2) is 13.1 Å². The molecule has 0 saturated carbocycles. The van der Waals surface area contributed by atoms with E-state index in [9.17, 15) is 4.79 Å². The molecule has 0 heterocycles. The third-order valence-corrected chi connectivity index (χ3v) is 3.10. The van der Waals surface area contributed by atoms with Crippen LogP contribution in [0.1, 0.15) is 21.5 Å². The van der Waals surface area contributed by atoms with Gasteiger partial charge in [-0.25, -0.2) is 4.79 Å². The zero-order chi connectivity index (χ0) is 14.5. The fraction of sp³-hybridized carbons (Fsp3) is 0.188. The van der Waals surface area contributed by atoms with E-state index in [0.29, 0.717) is 17.0 Å². The van der Waals surface area contributed by atoms with Crippen LogP contribution in [0.2, 0.25) is 0 Å². The lowest BCUT2D eigenvalue weighted by molar-refractivity contribution is 0.0473. The largest absolute Gasteiger partial charge is 0.497 e. The van der Waals surface area contributed by atoms with Crippen molar-refractivity contribution in [3.05, 3.63) is 59.2 Å². The molecule has 0 bridgehead atoms. The molecule has 4 heteroatoms. The highest BCUT2D eigenvalue weighted by Gasteiger charge is 2.13. The minimum atomic E-state index is -0.454. The van der Waals surface area contributed by atoms with Gasteiger partial charge in [-0.1, -0.05) is 24.3 Å². The molecule has 2 aromatic carbocycles. The van der Waals surface area contributed by atoms with Crippen LogP contribution in [0.25, 0.3) is 0 Å². The number of hydrogen-bond donors (Lipinski definition) is 1. The van der Waals surface area contributed by atoms with Gasteiger partial charge in [0, 0.05) is 5.69 Å². The predicted molar refractivity (Wildman–Crippen MR) is 77.7 cm³/mol. The summed E-state index contributed by atoms with van der Waals surface area (Å²) >= 11 is 0. The van der Waals surface area contributed by atoms with Gasteiger partial charge in [-0.2, -0.15) is 0 Å². The van der Waals surface area contributed by atoms with E-state index in [1.807, 2.05) is 31.2 Å². The van der Waals surface area contributed by atoms with Crippen molar-refractivity contribution in [2.45, 2.75) is 13.5 Å². The lowest BCUT2D eigenvalue weighted by Crippen LogP contribution is -2.09. The van der Waals surface area contributed by atoms with Crippen molar-refractivity contribution in [2.75, 3.05) is 12.8 Å². The van der Waals surface area contributed by atoms with Gasteiger partial charge in [-0.3, -0.25) is 0 Å². The van der Waals surface area contributed by atoms with Crippen LogP contribution in [0.5, 0.6) is 5.75 Å². The fourth-order valence-corrected chi connectivity index (χ4v) is 1.83. The first-order valence-corrected chi connectivity index (χ1v) is 6.27. The van der Waals surface area contributed by atoms with E-state index >= 15 is 0 Å². The molecule has 0 amide bonds. The van der Waals surface area contributed by atoms with E-state index in [0.717, 1.165) is 11.1 Å². The van der Waals surface area contributed by atoms with Gasteiger partial charge in [0.1, 0.15) is 12.4 Å². The Morgan fingerprint density at radius 3 is 2.65 bits per heavy atom. The average molecular weight is 271 g/mol. The van der Waals surface area contributed by atoms with Crippen molar-refractivity contribution >= 4 is 11.7 Å². The van der Waals surface area contributed by atoms with E-state index < -0.39 is 5.97 Å². The average Bonchev–Trinajstić information content (AvgIpc) is 2.46. The molecule has 104 valence electrons. The number of anilines is 1. The zero-order valence-electron chi connectivity index (χ0n) is 11.6. The van der Waals surface area contributed by atoms with Gasteiger partial charge in [-0.05, 0) is 36.2 Å². The minimum Gasteiger partial charge on any atom is -0.497 e. The molecular formula is C16H17NO3. The highest BCUT2D eigenvalue weighted by molar-refractivity contribution is 5.95. The lowest BCUT2D eigenvalue weighted by Gasteiger charge is -2.10. The Labute approximate surface area is 118 Å². The van der Waals surface area contributed by atoms with Gasteiger partial charge in [0.2, 0.25) is 0 Å². The molecule has 0 spiro atoms. The van der Waals surface area contributed by atoms with E-state index in [4.69, 9.17) is 15.2 Å². The van der Waals surface area contributed by atoms with E-state index in [1.54, 1.807) is 18.2 Å². The van der Waals surface area contributed by atoms with Crippen LogP contribution in [0, 0.1) is 6.92 Å². The normalized spacial score (nSPS) is 10.1. The third-order valence-electron chi connectivity index (χ3n) is 3.10. The number of methoxy groups -OCH3 is 1. The van der Waals surface area contributed by atoms with Crippen LogP contribution in [0.4, 0.5) is 5.69 Å². The highest BCUT2D eigenvalue weighted by atomic mass is 16.5. The third kappa shape index (κ3) is 3.09. The van der Waals surface area contributed by atoms with Gasteiger partial charge in [0.25, 0.3) is 0 Å². The summed E-state index contributed by atoms with van der Waals surface area (Å²) in [6.45, 7) is 2.20. The van der Waals surface area contributed by atoms with Crippen LogP contribution in [0.15, 0.2) is 42.5 Å². The van der Waals surface area contributed by atoms with Crippen molar-refractivity contribution < 1.29 is 14.3 Å². The van der Waals surface area contributed by atoms with Crippen molar-refractivity contribution in [1.29, 1.82) is 0 Å². The first-order chi connectivity index (χ1) is 9.61. The fourth-order valence-electron chi connectivity index (χ4n) is 1.83. The Morgan fingerprint density at radius 1 is 1.20 bits per heavy atom.